The first-order valence-corrected chi connectivity index (χ1v) is 9.82. The number of benzene rings is 1. The fraction of sp³-hybridized carbons (Fsp3) is 0.364. The van der Waals surface area contributed by atoms with E-state index in [0.29, 0.717) is 5.56 Å². The number of alkyl halides is 2. The van der Waals surface area contributed by atoms with Crippen molar-refractivity contribution in [2.45, 2.75) is 31.7 Å². The summed E-state index contributed by atoms with van der Waals surface area (Å²) < 4.78 is 53.9. The van der Waals surface area contributed by atoms with E-state index in [0.717, 1.165) is 13.0 Å². The molecule has 0 saturated carbocycles. The van der Waals surface area contributed by atoms with E-state index >= 15 is 0 Å². The molecule has 7 nitrogen and oxygen atoms in total. The highest BCUT2D eigenvalue weighted by molar-refractivity contribution is 5.96. The van der Waals surface area contributed by atoms with Gasteiger partial charge in [-0.25, -0.2) is 18.0 Å². The zero-order valence-electron chi connectivity index (χ0n) is 17.5. The van der Waals surface area contributed by atoms with E-state index in [4.69, 9.17) is 15.2 Å². The lowest BCUT2D eigenvalue weighted by atomic mass is 9.84. The zero-order valence-corrected chi connectivity index (χ0v) is 17.5. The molecule has 2 heterocycles. The Hall–Kier alpha value is -3.27. The number of halogens is 3. The van der Waals surface area contributed by atoms with Crippen molar-refractivity contribution in [1.29, 1.82) is 0 Å². The van der Waals surface area contributed by atoms with Gasteiger partial charge in [-0.2, -0.15) is 0 Å². The topological polar surface area (TPSA) is 104 Å². The summed E-state index contributed by atoms with van der Waals surface area (Å²) in [5.41, 5.74) is 3.47. The molecule has 0 unspecified atom stereocenters. The average Bonchev–Trinajstić information content (AvgIpc) is 2.84. The summed E-state index contributed by atoms with van der Waals surface area (Å²) in [6, 6.07) is 6.27. The van der Waals surface area contributed by atoms with Crippen LogP contribution in [-0.4, -0.2) is 48.3 Å². The molecule has 1 aliphatic rings. The highest BCUT2D eigenvalue weighted by Crippen LogP contribution is 2.43. The van der Waals surface area contributed by atoms with E-state index in [1.54, 1.807) is 6.92 Å². The van der Waals surface area contributed by atoms with Crippen molar-refractivity contribution >= 4 is 17.6 Å². The summed E-state index contributed by atoms with van der Waals surface area (Å²) in [7, 11) is 0. The lowest BCUT2D eigenvalue weighted by molar-refractivity contribution is -0.116. The number of pyridine rings is 1. The van der Waals surface area contributed by atoms with Crippen LogP contribution < -0.4 is 5.73 Å². The number of rotatable bonds is 6. The third-order valence-electron chi connectivity index (χ3n) is 5.09. The Balaban J connectivity index is 1.88. The minimum Gasteiger partial charge on any atom is -0.462 e. The first-order chi connectivity index (χ1) is 15.1. The van der Waals surface area contributed by atoms with Crippen molar-refractivity contribution in [1.82, 2.24) is 4.98 Å². The van der Waals surface area contributed by atoms with Gasteiger partial charge in [0.25, 0.3) is 5.92 Å². The second kappa shape index (κ2) is 9.07. The molecule has 0 fully saturated rings. The molecule has 1 aliphatic heterocycles. The van der Waals surface area contributed by atoms with Crippen LogP contribution in [0.15, 0.2) is 41.5 Å². The van der Waals surface area contributed by atoms with Crippen molar-refractivity contribution in [2.24, 2.45) is 10.7 Å². The number of carbonyl (C=O) groups is 2. The minimum atomic E-state index is -3.54. The van der Waals surface area contributed by atoms with Gasteiger partial charge in [0.2, 0.25) is 0 Å². The van der Waals surface area contributed by atoms with Crippen molar-refractivity contribution < 1.29 is 32.2 Å². The number of aromatic nitrogens is 1. The summed E-state index contributed by atoms with van der Waals surface area (Å²) in [5.74, 6) is -5.64. The largest absolute Gasteiger partial charge is 0.462 e. The number of ether oxygens (including phenoxy) is 2. The summed E-state index contributed by atoms with van der Waals surface area (Å²) in [5, 5.41) is 0. The van der Waals surface area contributed by atoms with Gasteiger partial charge in [-0.15, -0.1) is 0 Å². The van der Waals surface area contributed by atoms with Gasteiger partial charge in [-0.05, 0) is 43.7 Å². The van der Waals surface area contributed by atoms with Crippen molar-refractivity contribution in [3.63, 3.8) is 0 Å². The third-order valence-corrected chi connectivity index (χ3v) is 5.09. The molecule has 2 N–H and O–H groups in total. The number of hydrogen-bond donors (Lipinski definition) is 1. The molecule has 0 spiro atoms. The molecule has 0 saturated heterocycles. The van der Waals surface area contributed by atoms with Gasteiger partial charge in [0.05, 0.1) is 12.2 Å². The number of aliphatic imine (C=N–C) groups is 1. The molecule has 1 aromatic carbocycles. The maximum absolute atomic E-state index is 14.8. The normalized spacial score (nSPS) is 20.2. The molecule has 0 aliphatic carbocycles. The summed E-state index contributed by atoms with van der Waals surface area (Å²) in [4.78, 5) is 32.1. The van der Waals surface area contributed by atoms with Crippen LogP contribution in [0.5, 0.6) is 0 Å². The number of amidine groups is 1. The first-order valence-electron chi connectivity index (χ1n) is 9.82. The molecule has 0 radical (unpaired) electrons. The highest BCUT2D eigenvalue weighted by atomic mass is 19.3. The monoisotopic (exact) mass is 449 g/mol. The highest BCUT2D eigenvalue weighted by Gasteiger charge is 2.54. The van der Waals surface area contributed by atoms with Crippen LogP contribution in [0.3, 0.4) is 0 Å². The molecule has 2 aromatic rings. The van der Waals surface area contributed by atoms with Crippen molar-refractivity contribution in [2.75, 3.05) is 19.8 Å². The molecule has 170 valence electrons. The minimum absolute atomic E-state index is 0.0607. The SMILES string of the molecule is CCOC(=O)c1ccc(C(=O)Cc2ccc(F)c([C@@]3(C)N=C(N)COCC3(F)F)c2)nc1. The predicted octanol–water partition coefficient (Wildman–Crippen LogP) is 3.06. The second-order valence-corrected chi connectivity index (χ2v) is 7.44. The quantitative estimate of drug-likeness (QED) is 0.537. The maximum Gasteiger partial charge on any atom is 0.339 e. The lowest BCUT2D eigenvalue weighted by Gasteiger charge is -2.33. The molecule has 32 heavy (non-hydrogen) atoms. The van der Waals surface area contributed by atoms with Gasteiger partial charge < -0.3 is 15.2 Å². The number of Topliss-reactive ketones (excluding diaryl/α,β-unsaturated/α-hetero) is 1. The smallest absolute Gasteiger partial charge is 0.339 e. The molecular formula is C22H22F3N3O4. The average molecular weight is 449 g/mol. The van der Waals surface area contributed by atoms with Crippen molar-refractivity contribution in [3.8, 4) is 0 Å². The van der Waals surface area contributed by atoms with Crippen LogP contribution in [0.2, 0.25) is 0 Å². The van der Waals surface area contributed by atoms with Crippen LogP contribution in [0, 0.1) is 5.82 Å². The van der Waals surface area contributed by atoms with E-state index in [2.05, 4.69) is 9.98 Å². The van der Waals surface area contributed by atoms with E-state index in [-0.39, 0.29) is 36.7 Å². The van der Waals surface area contributed by atoms with Crippen LogP contribution in [-0.2, 0) is 21.4 Å². The molecule has 10 heteroatoms. The van der Waals surface area contributed by atoms with Gasteiger partial charge in [0.15, 0.2) is 11.3 Å². The fourth-order valence-corrected chi connectivity index (χ4v) is 3.31. The first kappa shape index (κ1) is 23.4. The van der Waals surface area contributed by atoms with Crippen LogP contribution in [0.25, 0.3) is 0 Å². The second-order valence-electron chi connectivity index (χ2n) is 7.44. The van der Waals surface area contributed by atoms with Crippen LogP contribution in [0.1, 0.15) is 45.8 Å². The van der Waals surface area contributed by atoms with Gasteiger partial charge in [0, 0.05) is 18.2 Å². The predicted molar refractivity (Wildman–Crippen MR) is 109 cm³/mol. The van der Waals surface area contributed by atoms with Gasteiger partial charge >= 0.3 is 5.97 Å². The number of carbonyl (C=O) groups excluding carboxylic acids is 2. The number of ketones is 1. The molecule has 1 atom stereocenters. The van der Waals surface area contributed by atoms with E-state index in [1.807, 2.05) is 0 Å². The van der Waals surface area contributed by atoms with E-state index < -0.39 is 41.2 Å². The van der Waals surface area contributed by atoms with Gasteiger partial charge in [-0.1, -0.05) is 6.07 Å². The number of nitrogens with zero attached hydrogens (tertiary/aromatic N) is 2. The summed E-state index contributed by atoms with van der Waals surface area (Å²) in [6.45, 7) is 1.67. The summed E-state index contributed by atoms with van der Waals surface area (Å²) >= 11 is 0. The molecule has 1 aromatic heterocycles. The third kappa shape index (κ3) is 4.64. The number of hydrogen-bond acceptors (Lipinski definition) is 7. The lowest BCUT2D eigenvalue weighted by Crippen LogP contribution is -2.45. The molecular weight excluding hydrogens is 427 g/mol. The molecule has 0 bridgehead atoms. The number of esters is 1. The molecule has 0 amide bonds. The van der Waals surface area contributed by atoms with Gasteiger partial charge in [-0.3, -0.25) is 14.8 Å². The Bertz CT molecular complexity index is 1060. The Morgan fingerprint density at radius 1 is 1.25 bits per heavy atom. The number of nitrogens with two attached hydrogens (primary N) is 1. The Morgan fingerprint density at radius 3 is 2.66 bits per heavy atom. The fourth-order valence-electron chi connectivity index (χ4n) is 3.31. The van der Waals surface area contributed by atoms with Gasteiger partial charge in [0.1, 0.15) is 30.6 Å². The standard InChI is InChI=1S/C22H22F3N3O4/c1-3-32-20(30)14-5-7-17(27-10-14)18(29)9-13-4-6-16(23)15(8-13)21(2)22(24,25)12-31-11-19(26)28-21/h4-8,10H,3,9,11-12H2,1-2H3,(H2,26,28)/t21-/m1/s1. The van der Waals surface area contributed by atoms with Crippen LogP contribution >= 0.6 is 0 Å². The maximum atomic E-state index is 14.8. The Morgan fingerprint density at radius 2 is 2.00 bits per heavy atom. The van der Waals surface area contributed by atoms with E-state index in [9.17, 15) is 22.8 Å². The van der Waals surface area contributed by atoms with Crippen LogP contribution in [0.4, 0.5) is 13.2 Å². The Labute approximate surface area is 182 Å². The van der Waals surface area contributed by atoms with E-state index in [1.165, 1.54) is 30.5 Å². The Kier molecular flexibility index (Phi) is 6.63. The van der Waals surface area contributed by atoms with Crippen molar-refractivity contribution in [3.05, 3.63) is 64.7 Å². The molecule has 3 rings (SSSR count). The summed E-state index contributed by atoms with van der Waals surface area (Å²) in [6.07, 6.45) is 0.988. The zero-order chi connectivity index (χ0) is 23.5.